The highest BCUT2D eigenvalue weighted by atomic mass is 16.3. The molecule has 2 aromatic heterocycles. The van der Waals surface area contributed by atoms with Crippen molar-refractivity contribution in [2.24, 2.45) is 0 Å². The number of amides is 1. The van der Waals surface area contributed by atoms with Crippen LogP contribution in [0.3, 0.4) is 0 Å². The minimum absolute atomic E-state index is 0.108. The van der Waals surface area contributed by atoms with E-state index in [4.69, 9.17) is 10.1 Å². The van der Waals surface area contributed by atoms with Crippen molar-refractivity contribution in [2.45, 2.75) is 19.9 Å². The first-order valence-corrected chi connectivity index (χ1v) is 10.5. The number of aromatic hydroxyl groups is 1. The molecule has 33 heavy (non-hydrogen) atoms. The Morgan fingerprint density at radius 3 is 2.70 bits per heavy atom. The van der Waals surface area contributed by atoms with Gasteiger partial charge in [0.1, 0.15) is 11.8 Å². The van der Waals surface area contributed by atoms with Crippen LogP contribution in [0.1, 0.15) is 24.1 Å². The van der Waals surface area contributed by atoms with Gasteiger partial charge in [0.15, 0.2) is 5.82 Å². The Bertz CT molecular complexity index is 1380. The van der Waals surface area contributed by atoms with Crippen molar-refractivity contribution in [3.63, 3.8) is 0 Å². The standard InChI is InChI=1S/C25H22N6O2/c1-15-6-3-8-18(12-15)23-29-25-27-16(2)21(24(33)28-19-9-5-11-26-14-19)22(31(25)30-23)17-7-4-10-20(32)13-17/h3-14,22,32H,1-2H3,(H,28,33)(H,27,29,30). The van der Waals surface area contributed by atoms with Crippen molar-refractivity contribution in [1.82, 2.24) is 19.7 Å². The van der Waals surface area contributed by atoms with E-state index in [0.717, 1.165) is 11.1 Å². The first-order chi connectivity index (χ1) is 16.0. The van der Waals surface area contributed by atoms with Crippen LogP contribution in [0.4, 0.5) is 11.6 Å². The van der Waals surface area contributed by atoms with E-state index in [1.54, 1.807) is 47.4 Å². The lowest BCUT2D eigenvalue weighted by Crippen LogP contribution is -2.31. The topological polar surface area (TPSA) is 105 Å². The monoisotopic (exact) mass is 438 g/mol. The first-order valence-electron chi connectivity index (χ1n) is 10.5. The van der Waals surface area contributed by atoms with Crippen molar-refractivity contribution in [1.29, 1.82) is 0 Å². The summed E-state index contributed by atoms with van der Waals surface area (Å²) in [7, 11) is 0. The molecule has 0 bridgehead atoms. The summed E-state index contributed by atoms with van der Waals surface area (Å²) in [6, 6.07) is 17.7. The molecule has 2 aromatic carbocycles. The fraction of sp³-hybridized carbons (Fsp3) is 0.120. The molecular formula is C25H22N6O2. The van der Waals surface area contributed by atoms with E-state index in [0.29, 0.717) is 34.3 Å². The highest BCUT2D eigenvalue weighted by Crippen LogP contribution is 2.37. The van der Waals surface area contributed by atoms with Crippen molar-refractivity contribution >= 4 is 17.5 Å². The van der Waals surface area contributed by atoms with E-state index in [2.05, 4.69) is 15.6 Å². The number of nitrogens with zero attached hydrogens (tertiary/aromatic N) is 4. The molecule has 0 aliphatic carbocycles. The molecule has 3 heterocycles. The van der Waals surface area contributed by atoms with Gasteiger partial charge in [-0.05, 0) is 49.7 Å². The van der Waals surface area contributed by atoms with Crippen LogP contribution in [-0.4, -0.2) is 30.8 Å². The van der Waals surface area contributed by atoms with Gasteiger partial charge in [-0.15, -0.1) is 5.10 Å². The van der Waals surface area contributed by atoms with Gasteiger partial charge >= 0.3 is 0 Å². The van der Waals surface area contributed by atoms with Crippen LogP contribution >= 0.6 is 0 Å². The van der Waals surface area contributed by atoms with E-state index in [-0.39, 0.29) is 11.7 Å². The number of hydrogen-bond acceptors (Lipinski definition) is 6. The molecule has 0 fully saturated rings. The molecule has 1 unspecified atom stereocenters. The molecule has 4 aromatic rings. The summed E-state index contributed by atoms with van der Waals surface area (Å²) < 4.78 is 1.69. The maximum Gasteiger partial charge on any atom is 0.255 e. The van der Waals surface area contributed by atoms with Gasteiger partial charge in [-0.1, -0.05) is 35.9 Å². The van der Waals surface area contributed by atoms with Crippen LogP contribution < -0.4 is 10.6 Å². The summed E-state index contributed by atoms with van der Waals surface area (Å²) in [5, 5.41) is 21.0. The molecule has 0 spiro atoms. The molecule has 8 nitrogen and oxygen atoms in total. The second-order valence-corrected chi connectivity index (χ2v) is 7.93. The number of anilines is 2. The van der Waals surface area contributed by atoms with Gasteiger partial charge in [0.05, 0.1) is 17.5 Å². The molecule has 3 N–H and O–H groups in total. The van der Waals surface area contributed by atoms with Crippen molar-refractivity contribution in [3.05, 3.63) is 95.5 Å². The third kappa shape index (κ3) is 3.94. The average Bonchev–Trinajstić information content (AvgIpc) is 3.22. The number of fused-ring (bicyclic) bond motifs is 1. The van der Waals surface area contributed by atoms with Gasteiger partial charge < -0.3 is 15.7 Å². The molecular weight excluding hydrogens is 416 g/mol. The zero-order valence-electron chi connectivity index (χ0n) is 18.1. The number of benzene rings is 2. The van der Waals surface area contributed by atoms with Crippen LogP contribution in [0, 0.1) is 6.92 Å². The van der Waals surface area contributed by atoms with Crippen LogP contribution in [0.5, 0.6) is 5.75 Å². The fourth-order valence-electron chi connectivity index (χ4n) is 3.99. The Morgan fingerprint density at radius 1 is 1.09 bits per heavy atom. The Balaban J connectivity index is 1.62. The van der Waals surface area contributed by atoms with Gasteiger partial charge in [0.2, 0.25) is 5.95 Å². The molecule has 1 atom stereocenters. The lowest BCUT2D eigenvalue weighted by atomic mass is 9.95. The van der Waals surface area contributed by atoms with E-state index >= 15 is 0 Å². The molecule has 1 amide bonds. The highest BCUT2D eigenvalue weighted by molar-refractivity contribution is 6.06. The van der Waals surface area contributed by atoms with E-state index < -0.39 is 6.04 Å². The third-order valence-corrected chi connectivity index (χ3v) is 5.48. The number of carbonyl (C=O) groups excluding carboxylic acids is 1. The van der Waals surface area contributed by atoms with Crippen LogP contribution in [0.15, 0.2) is 84.3 Å². The zero-order valence-corrected chi connectivity index (χ0v) is 18.1. The fourth-order valence-corrected chi connectivity index (χ4v) is 3.99. The van der Waals surface area contributed by atoms with Crippen LogP contribution in [0.25, 0.3) is 11.4 Å². The SMILES string of the molecule is CC1=C(C(=O)Nc2cccnc2)C(c2cccc(O)c2)n2nc(-c3cccc(C)c3)nc2N1. The number of nitrogens with one attached hydrogen (secondary N) is 2. The highest BCUT2D eigenvalue weighted by Gasteiger charge is 2.34. The number of carbonyl (C=O) groups is 1. The lowest BCUT2D eigenvalue weighted by Gasteiger charge is -2.28. The Kier molecular flexibility index (Phi) is 5.10. The number of phenolic OH excluding ortho intramolecular Hbond substituents is 1. The summed E-state index contributed by atoms with van der Waals surface area (Å²) in [6.07, 6.45) is 3.23. The van der Waals surface area contributed by atoms with Gasteiger partial charge in [-0.2, -0.15) is 4.98 Å². The van der Waals surface area contributed by atoms with Crippen LogP contribution in [-0.2, 0) is 4.79 Å². The minimum atomic E-state index is -0.587. The molecule has 0 saturated carbocycles. The normalized spacial score (nSPS) is 15.0. The first kappa shape index (κ1) is 20.4. The van der Waals surface area contributed by atoms with E-state index in [1.165, 1.54) is 0 Å². The number of aromatic nitrogens is 4. The summed E-state index contributed by atoms with van der Waals surface area (Å²) in [5.74, 6) is 0.888. The maximum atomic E-state index is 13.4. The van der Waals surface area contributed by atoms with Gasteiger partial charge in [-0.25, -0.2) is 4.68 Å². The van der Waals surface area contributed by atoms with Gasteiger partial charge in [0.25, 0.3) is 5.91 Å². The van der Waals surface area contributed by atoms with E-state index in [1.807, 2.05) is 44.2 Å². The molecule has 5 rings (SSSR count). The largest absolute Gasteiger partial charge is 0.508 e. The second-order valence-electron chi connectivity index (χ2n) is 7.93. The third-order valence-electron chi connectivity index (χ3n) is 5.48. The number of phenols is 1. The number of rotatable bonds is 4. The number of allylic oxidation sites excluding steroid dienone is 1. The van der Waals surface area contributed by atoms with Crippen molar-refractivity contribution < 1.29 is 9.90 Å². The Labute approximate surface area is 190 Å². The molecule has 0 saturated heterocycles. The zero-order chi connectivity index (χ0) is 22.9. The van der Waals surface area contributed by atoms with Crippen molar-refractivity contribution in [2.75, 3.05) is 10.6 Å². The van der Waals surface area contributed by atoms with E-state index in [9.17, 15) is 9.90 Å². The molecule has 8 heteroatoms. The number of aryl methyl sites for hydroxylation is 1. The minimum Gasteiger partial charge on any atom is -0.508 e. The summed E-state index contributed by atoms with van der Waals surface area (Å²) in [6.45, 7) is 3.85. The van der Waals surface area contributed by atoms with Crippen molar-refractivity contribution in [3.8, 4) is 17.1 Å². The molecule has 1 aliphatic rings. The molecule has 164 valence electrons. The lowest BCUT2D eigenvalue weighted by molar-refractivity contribution is -0.113. The van der Waals surface area contributed by atoms with Crippen LogP contribution in [0.2, 0.25) is 0 Å². The predicted molar refractivity (Wildman–Crippen MR) is 126 cm³/mol. The summed E-state index contributed by atoms with van der Waals surface area (Å²) in [5.41, 5.74) is 4.41. The quantitative estimate of drug-likeness (QED) is 0.439. The van der Waals surface area contributed by atoms with Gasteiger partial charge in [-0.3, -0.25) is 9.78 Å². The number of hydrogen-bond donors (Lipinski definition) is 3. The molecule has 0 radical (unpaired) electrons. The summed E-state index contributed by atoms with van der Waals surface area (Å²) in [4.78, 5) is 22.2. The Morgan fingerprint density at radius 2 is 1.94 bits per heavy atom. The molecule has 1 aliphatic heterocycles. The second kappa shape index (κ2) is 8.23. The predicted octanol–water partition coefficient (Wildman–Crippen LogP) is 4.28. The maximum absolute atomic E-state index is 13.4. The van der Waals surface area contributed by atoms with Gasteiger partial charge in [0, 0.05) is 17.5 Å². The average molecular weight is 438 g/mol. The number of pyridine rings is 1. The smallest absolute Gasteiger partial charge is 0.255 e. The summed E-state index contributed by atoms with van der Waals surface area (Å²) >= 11 is 0. The Hall–Kier alpha value is -4.46.